The highest BCUT2D eigenvalue weighted by molar-refractivity contribution is 9.10. The van der Waals surface area contributed by atoms with Gasteiger partial charge in [0.2, 0.25) is 0 Å². The van der Waals surface area contributed by atoms with Crippen molar-refractivity contribution in [3.05, 3.63) is 63.1 Å². The highest BCUT2D eigenvalue weighted by Gasteiger charge is 2.07. The largest absolute Gasteiger partial charge is 0.497 e. The van der Waals surface area contributed by atoms with E-state index < -0.39 is 0 Å². The van der Waals surface area contributed by atoms with Crippen molar-refractivity contribution < 1.29 is 4.74 Å². The van der Waals surface area contributed by atoms with Crippen LogP contribution in [-0.4, -0.2) is 7.11 Å². The third-order valence-corrected chi connectivity index (χ3v) is 4.25. The van der Waals surface area contributed by atoms with E-state index in [1.54, 1.807) is 7.11 Å². The summed E-state index contributed by atoms with van der Waals surface area (Å²) in [4.78, 5) is 0. The second kappa shape index (κ2) is 7.11. The molecule has 106 valence electrons. The predicted molar refractivity (Wildman–Crippen MR) is 87.4 cm³/mol. The number of ether oxygens (including phenoxy) is 1. The standard InChI is InChI=1S/C16H17BrClNO/c1-11(12-3-5-14(18)6-4-12)19-10-13-9-15(20-2)7-8-16(13)17/h3-9,11,19H,10H2,1-2H3/t11-/m1/s1. The molecule has 0 aliphatic heterocycles. The Bertz CT molecular complexity index is 571. The summed E-state index contributed by atoms with van der Waals surface area (Å²) in [6.07, 6.45) is 0. The minimum atomic E-state index is 0.255. The maximum atomic E-state index is 5.90. The highest BCUT2D eigenvalue weighted by Crippen LogP contribution is 2.23. The molecular formula is C16H17BrClNO. The normalized spacial score (nSPS) is 12.2. The zero-order valence-electron chi connectivity index (χ0n) is 11.5. The minimum Gasteiger partial charge on any atom is -0.497 e. The third kappa shape index (κ3) is 3.98. The minimum absolute atomic E-state index is 0.255. The zero-order chi connectivity index (χ0) is 14.5. The zero-order valence-corrected chi connectivity index (χ0v) is 13.8. The lowest BCUT2D eigenvalue weighted by Crippen LogP contribution is -2.18. The van der Waals surface area contributed by atoms with Gasteiger partial charge < -0.3 is 10.1 Å². The molecule has 0 aliphatic carbocycles. The van der Waals surface area contributed by atoms with Crippen molar-refractivity contribution in [1.29, 1.82) is 0 Å². The molecule has 0 amide bonds. The first-order valence-electron chi connectivity index (χ1n) is 6.41. The van der Waals surface area contributed by atoms with E-state index in [-0.39, 0.29) is 6.04 Å². The van der Waals surface area contributed by atoms with Crippen LogP contribution in [0.2, 0.25) is 5.02 Å². The van der Waals surface area contributed by atoms with Gasteiger partial charge in [-0.15, -0.1) is 0 Å². The predicted octanol–water partition coefficient (Wildman–Crippen LogP) is 4.96. The summed E-state index contributed by atoms with van der Waals surface area (Å²) in [5.74, 6) is 0.865. The summed E-state index contributed by atoms with van der Waals surface area (Å²) in [5.41, 5.74) is 2.39. The van der Waals surface area contributed by atoms with Gasteiger partial charge >= 0.3 is 0 Å². The second-order valence-corrected chi connectivity index (χ2v) is 5.90. The smallest absolute Gasteiger partial charge is 0.119 e. The fraction of sp³-hybridized carbons (Fsp3) is 0.250. The molecule has 0 saturated carbocycles. The molecule has 0 spiro atoms. The molecule has 0 bridgehead atoms. The summed E-state index contributed by atoms with van der Waals surface area (Å²) in [5, 5.41) is 4.26. The molecule has 0 unspecified atom stereocenters. The number of benzene rings is 2. The Labute approximate surface area is 133 Å². The molecule has 0 saturated heterocycles. The Kier molecular flexibility index (Phi) is 5.46. The topological polar surface area (TPSA) is 21.3 Å². The average molecular weight is 355 g/mol. The lowest BCUT2D eigenvalue weighted by Gasteiger charge is -2.15. The third-order valence-electron chi connectivity index (χ3n) is 3.22. The van der Waals surface area contributed by atoms with Crippen LogP contribution in [0.3, 0.4) is 0 Å². The summed E-state index contributed by atoms with van der Waals surface area (Å²) in [6.45, 7) is 2.90. The quantitative estimate of drug-likeness (QED) is 0.819. The van der Waals surface area contributed by atoms with E-state index in [1.165, 1.54) is 11.1 Å². The van der Waals surface area contributed by atoms with Crippen LogP contribution in [0, 0.1) is 0 Å². The lowest BCUT2D eigenvalue weighted by molar-refractivity contribution is 0.413. The average Bonchev–Trinajstić information content (AvgIpc) is 2.47. The van der Waals surface area contributed by atoms with Crippen LogP contribution in [0.1, 0.15) is 24.1 Å². The Hall–Kier alpha value is -1.03. The summed E-state index contributed by atoms with van der Waals surface area (Å²) < 4.78 is 6.33. The van der Waals surface area contributed by atoms with Crippen molar-refractivity contribution in [2.45, 2.75) is 19.5 Å². The lowest BCUT2D eigenvalue weighted by atomic mass is 10.1. The Morgan fingerprint density at radius 2 is 1.90 bits per heavy atom. The molecule has 0 fully saturated rings. The first kappa shape index (κ1) is 15.4. The monoisotopic (exact) mass is 353 g/mol. The summed E-state index contributed by atoms with van der Waals surface area (Å²) in [7, 11) is 1.68. The number of hydrogen-bond donors (Lipinski definition) is 1. The Morgan fingerprint density at radius 1 is 1.20 bits per heavy atom. The van der Waals surface area contributed by atoms with Crippen LogP contribution in [0.5, 0.6) is 5.75 Å². The van der Waals surface area contributed by atoms with Crippen LogP contribution in [-0.2, 0) is 6.54 Å². The van der Waals surface area contributed by atoms with Crippen LogP contribution < -0.4 is 10.1 Å². The van der Waals surface area contributed by atoms with E-state index in [9.17, 15) is 0 Å². The number of hydrogen-bond acceptors (Lipinski definition) is 2. The molecule has 20 heavy (non-hydrogen) atoms. The van der Waals surface area contributed by atoms with Gasteiger partial charge in [0.25, 0.3) is 0 Å². The summed E-state index contributed by atoms with van der Waals surface area (Å²) in [6, 6.07) is 14.1. The molecule has 2 nitrogen and oxygen atoms in total. The van der Waals surface area contributed by atoms with Gasteiger partial charge in [0, 0.05) is 22.1 Å². The van der Waals surface area contributed by atoms with Gasteiger partial charge in [0.15, 0.2) is 0 Å². The van der Waals surface area contributed by atoms with E-state index in [0.717, 1.165) is 21.8 Å². The van der Waals surface area contributed by atoms with E-state index >= 15 is 0 Å². The van der Waals surface area contributed by atoms with Crippen LogP contribution in [0.4, 0.5) is 0 Å². The van der Waals surface area contributed by atoms with Crippen molar-refractivity contribution >= 4 is 27.5 Å². The van der Waals surface area contributed by atoms with Crippen molar-refractivity contribution in [3.8, 4) is 5.75 Å². The number of methoxy groups -OCH3 is 1. The molecule has 2 rings (SSSR count). The maximum Gasteiger partial charge on any atom is 0.119 e. The molecule has 1 N–H and O–H groups in total. The molecule has 2 aromatic rings. The molecule has 0 heterocycles. The van der Waals surface area contributed by atoms with E-state index in [2.05, 4.69) is 28.2 Å². The van der Waals surface area contributed by atoms with Gasteiger partial charge in [-0.25, -0.2) is 0 Å². The van der Waals surface area contributed by atoms with Gasteiger partial charge in [0.05, 0.1) is 7.11 Å². The first-order valence-corrected chi connectivity index (χ1v) is 7.58. The fourth-order valence-corrected chi connectivity index (χ4v) is 2.46. The summed E-state index contributed by atoms with van der Waals surface area (Å²) >= 11 is 9.47. The van der Waals surface area contributed by atoms with Gasteiger partial charge in [-0.3, -0.25) is 0 Å². The van der Waals surface area contributed by atoms with Gasteiger partial charge in [-0.1, -0.05) is 39.7 Å². The van der Waals surface area contributed by atoms with Crippen molar-refractivity contribution in [2.75, 3.05) is 7.11 Å². The van der Waals surface area contributed by atoms with Gasteiger partial charge in [-0.05, 0) is 48.4 Å². The molecule has 1 atom stereocenters. The Morgan fingerprint density at radius 3 is 2.55 bits per heavy atom. The van der Waals surface area contributed by atoms with E-state index in [1.807, 2.05) is 42.5 Å². The van der Waals surface area contributed by atoms with Gasteiger partial charge in [0.1, 0.15) is 5.75 Å². The van der Waals surface area contributed by atoms with Crippen LogP contribution in [0.15, 0.2) is 46.9 Å². The first-order chi connectivity index (χ1) is 9.60. The molecule has 0 radical (unpaired) electrons. The highest BCUT2D eigenvalue weighted by atomic mass is 79.9. The van der Waals surface area contributed by atoms with Crippen LogP contribution in [0.25, 0.3) is 0 Å². The molecule has 0 aromatic heterocycles. The molecule has 0 aliphatic rings. The van der Waals surface area contributed by atoms with Crippen LogP contribution >= 0.6 is 27.5 Å². The van der Waals surface area contributed by atoms with Crippen molar-refractivity contribution in [1.82, 2.24) is 5.32 Å². The molecule has 4 heteroatoms. The fourth-order valence-electron chi connectivity index (χ4n) is 1.95. The maximum absolute atomic E-state index is 5.90. The molecular weight excluding hydrogens is 338 g/mol. The molecule has 2 aromatic carbocycles. The van der Waals surface area contributed by atoms with Crippen molar-refractivity contribution in [3.63, 3.8) is 0 Å². The Balaban J connectivity index is 2.02. The number of rotatable bonds is 5. The number of halogens is 2. The second-order valence-electron chi connectivity index (χ2n) is 4.61. The van der Waals surface area contributed by atoms with Gasteiger partial charge in [-0.2, -0.15) is 0 Å². The number of nitrogens with one attached hydrogen (secondary N) is 1. The van der Waals surface area contributed by atoms with E-state index in [0.29, 0.717) is 0 Å². The SMILES string of the molecule is COc1ccc(Br)c(CN[C@H](C)c2ccc(Cl)cc2)c1. The van der Waals surface area contributed by atoms with Crippen molar-refractivity contribution in [2.24, 2.45) is 0 Å². The van der Waals surface area contributed by atoms with E-state index in [4.69, 9.17) is 16.3 Å².